The van der Waals surface area contributed by atoms with E-state index in [0.717, 1.165) is 16.7 Å². The molecule has 0 radical (unpaired) electrons. The van der Waals surface area contributed by atoms with Gasteiger partial charge in [-0.25, -0.2) is 13.1 Å². The number of hydrogen-bond acceptors (Lipinski definition) is 8. The highest BCUT2D eigenvalue weighted by Crippen LogP contribution is 2.33. The zero-order valence-corrected chi connectivity index (χ0v) is 20.1. The Hall–Kier alpha value is -2.89. The van der Waals surface area contributed by atoms with Gasteiger partial charge in [-0.3, -0.25) is 4.79 Å². The molecule has 1 atom stereocenters. The fraction of sp³-hybridized carbons (Fsp3) is 0.409. The van der Waals surface area contributed by atoms with E-state index < -0.39 is 15.1 Å². The van der Waals surface area contributed by atoms with Gasteiger partial charge < -0.3 is 14.3 Å². The fourth-order valence-corrected chi connectivity index (χ4v) is 5.31. The molecule has 12 heteroatoms. The van der Waals surface area contributed by atoms with Crippen LogP contribution in [0.5, 0.6) is 5.75 Å². The van der Waals surface area contributed by atoms with E-state index in [4.69, 9.17) is 21.1 Å². The van der Waals surface area contributed by atoms with Crippen molar-refractivity contribution in [1.29, 1.82) is 0 Å². The molecule has 2 aromatic carbocycles. The van der Waals surface area contributed by atoms with Crippen LogP contribution in [-0.4, -0.2) is 45.8 Å². The third-order valence-corrected chi connectivity index (χ3v) is 7.27. The molecule has 0 spiro atoms. The average Bonchev–Trinajstić information content (AvgIpc) is 2.80. The van der Waals surface area contributed by atoms with Gasteiger partial charge in [-0.2, -0.15) is 0 Å². The summed E-state index contributed by atoms with van der Waals surface area (Å²) in [5, 5.41) is 9.90. The van der Waals surface area contributed by atoms with Gasteiger partial charge in [0.15, 0.2) is 0 Å². The van der Waals surface area contributed by atoms with Crippen molar-refractivity contribution in [3.63, 3.8) is 0 Å². The summed E-state index contributed by atoms with van der Waals surface area (Å²) in [6, 6.07) is 9.24. The number of nitrogens with one attached hydrogen (secondary N) is 1. The fourth-order valence-electron chi connectivity index (χ4n) is 3.91. The molecule has 0 bridgehead atoms. The van der Waals surface area contributed by atoms with Crippen LogP contribution in [0, 0.1) is 10.1 Å². The molecule has 10 nitrogen and oxygen atoms in total. The van der Waals surface area contributed by atoms with Crippen molar-refractivity contribution in [2.24, 2.45) is 0 Å². The van der Waals surface area contributed by atoms with Crippen molar-refractivity contribution in [3.8, 4) is 5.75 Å². The number of carbonyl (C=O) groups is 1. The van der Waals surface area contributed by atoms with E-state index in [1.165, 1.54) is 31.4 Å². The van der Waals surface area contributed by atoms with Gasteiger partial charge in [0.05, 0.1) is 12.0 Å². The lowest BCUT2D eigenvalue weighted by atomic mass is 9.84. The maximum absolute atomic E-state index is 12.8. The summed E-state index contributed by atoms with van der Waals surface area (Å²) in [6.07, 6.45) is 2.10. The van der Waals surface area contributed by atoms with Gasteiger partial charge in [0.2, 0.25) is 10.0 Å². The van der Waals surface area contributed by atoms with Gasteiger partial charge in [0.25, 0.3) is 5.09 Å². The zero-order chi connectivity index (χ0) is 24.7. The second-order valence-electron chi connectivity index (χ2n) is 7.68. The summed E-state index contributed by atoms with van der Waals surface area (Å²) in [4.78, 5) is 26.5. The Balaban J connectivity index is 1.77. The van der Waals surface area contributed by atoms with E-state index in [2.05, 4.69) is 9.56 Å². The molecule has 1 N–H and O–H groups in total. The van der Waals surface area contributed by atoms with Crippen LogP contribution in [-0.2, 0) is 43.7 Å². The molecule has 3 rings (SSSR count). The third kappa shape index (κ3) is 6.81. The minimum atomic E-state index is -3.71. The first-order chi connectivity index (χ1) is 16.2. The van der Waals surface area contributed by atoms with Gasteiger partial charge in [0.1, 0.15) is 19.0 Å². The van der Waals surface area contributed by atoms with Crippen molar-refractivity contribution in [2.45, 2.75) is 43.0 Å². The van der Waals surface area contributed by atoms with Gasteiger partial charge in [-0.05, 0) is 72.7 Å². The highest BCUT2D eigenvalue weighted by atomic mass is 35.5. The molecule has 1 aliphatic rings. The number of fused-ring (bicyclic) bond motifs is 1. The number of methoxy groups -OCH3 is 1. The van der Waals surface area contributed by atoms with E-state index in [1.54, 1.807) is 6.07 Å². The van der Waals surface area contributed by atoms with Crippen LogP contribution in [0.15, 0.2) is 41.3 Å². The Kier molecular flexibility index (Phi) is 8.70. The molecule has 0 amide bonds. The molecular weight excluding hydrogens is 488 g/mol. The molecule has 1 aliphatic carbocycles. The maximum atomic E-state index is 12.8. The van der Waals surface area contributed by atoms with Gasteiger partial charge in [0, 0.05) is 17.5 Å². The minimum absolute atomic E-state index is 0.0332. The van der Waals surface area contributed by atoms with E-state index in [-0.39, 0.29) is 36.5 Å². The zero-order valence-electron chi connectivity index (χ0n) is 18.5. The molecule has 1 unspecified atom stereocenters. The molecule has 0 heterocycles. The summed E-state index contributed by atoms with van der Waals surface area (Å²) in [5.74, 6) is 0.138. The smallest absolute Gasteiger partial charge is 0.305 e. The molecule has 184 valence electrons. The predicted molar refractivity (Wildman–Crippen MR) is 123 cm³/mol. The van der Waals surface area contributed by atoms with Crippen LogP contribution < -0.4 is 9.46 Å². The topological polar surface area (TPSA) is 134 Å². The van der Waals surface area contributed by atoms with E-state index >= 15 is 0 Å². The van der Waals surface area contributed by atoms with Gasteiger partial charge in [-0.1, -0.05) is 17.7 Å². The predicted octanol–water partition coefficient (Wildman–Crippen LogP) is 2.87. The lowest BCUT2D eigenvalue weighted by Gasteiger charge is -2.28. The normalized spacial score (nSPS) is 15.3. The lowest BCUT2D eigenvalue weighted by molar-refractivity contribution is -0.757. The second kappa shape index (κ2) is 11.5. The summed E-state index contributed by atoms with van der Waals surface area (Å²) >= 11 is 5.85. The molecule has 34 heavy (non-hydrogen) atoms. The summed E-state index contributed by atoms with van der Waals surface area (Å²) in [6.45, 7) is -0.260. The quantitative estimate of drug-likeness (QED) is 0.210. The number of ether oxygens (including phenoxy) is 2. The van der Waals surface area contributed by atoms with E-state index in [9.17, 15) is 23.3 Å². The average molecular weight is 513 g/mol. The lowest BCUT2D eigenvalue weighted by Crippen LogP contribution is -2.39. The van der Waals surface area contributed by atoms with Crippen LogP contribution >= 0.6 is 11.6 Å². The number of hydrogen-bond donors (Lipinski definition) is 1. The SMILES string of the molecule is COC(=O)CCc1c(OCCO[N+](=O)[O-])ccc2c1CCC(NS(=O)(=O)c1ccc(Cl)cc1)C2. The van der Waals surface area contributed by atoms with Crippen LogP contribution in [0.1, 0.15) is 29.5 Å². The standard InChI is InChI=1S/C22H25ClN2O8S/c1-31-22(26)11-9-20-19-8-5-17(24-34(29,30)18-6-3-16(23)4-7-18)14-15(19)2-10-21(20)32-12-13-33-25(27)28/h2-4,6-7,10,17,24H,5,8-9,11-14H2,1H3. The van der Waals surface area contributed by atoms with Crippen molar-refractivity contribution < 1.29 is 32.6 Å². The monoisotopic (exact) mass is 512 g/mol. The van der Waals surface area contributed by atoms with Crippen LogP contribution in [0.3, 0.4) is 0 Å². The van der Waals surface area contributed by atoms with Crippen LogP contribution in [0.2, 0.25) is 5.02 Å². The summed E-state index contributed by atoms with van der Waals surface area (Å²) < 4.78 is 38.7. The van der Waals surface area contributed by atoms with Gasteiger partial charge in [-0.15, -0.1) is 10.1 Å². The molecule has 0 saturated heterocycles. The molecule has 2 aromatic rings. The van der Waals surface area contributed by atoms with Crippen molar-refractivity contribution in [1.82, 2.24) is 4.72 Å². The number of esters is 1. The Morgan fingerprint density at radius 2 is 1.94 bits per heavy atom. The first-order valence-electron chi connectivity index (χ1n) is 10.6. The summed E-state index contributed by atoms with van der Waals surface area (Å²) in [7, 11) is -2.40. The van der Waals surface area contributed by atoms with E-state index in [1.807, 2.05) is 6.07 Å². The van der Waals surface area contributed by atoms with Gasteiger partial charge >= 0.3 is 5.97 Å². The Morgan fingerprint density at radius 1 is 1.21 bits per heavy atom. The summed E-state index contributed by atoms with van der Waals surface area (Å²) in [5.41, 5.74) is 2.74. The Labute approximate surface area is 202 Å². The first-order valence-corrected chi connectivity index (χ1v) is 12.4. The third-order valence-electron chi connectivity index (χ3n) is 5.48. The molecule has 0 fully saturated rings. The van der Waals surface area contributed by atoms with E-state index in [0.29, 0.717) is 36.5 Å². The number of benzene rings is 2. The number of nitrogens with zero attached hydrogens (tertiary/aromatic N) is 1. The van der Waals surface area contributed by atoms with Crippen molar-refractivity contribution >= 4 is 27.6 Å². The first kappa shape index (κ1) is 25.7. The largest absolute Gasteiger partial charge is 0.491 e. The molecule has 0 saturated carbocycles. The second-order valence-corrected chi connectivity index (χ2v) is 9.83. The maximum Gasteiger partial charge on any atom is 0.305 e. The molecular formula is C22H25ClN2O8S. The van der Waals surface area contributed by atoms with Crippen molar-refractivity contribution in [3.05, 3.63) is 68.2 Å². The van der Waals surface area contributed by atoms with Crippen molar-refractivity contribution in [2.75, 3.05) is 20.3 Å². The highest BCUT2D eigenvalue weighted by Gasteiger charge is 2.27. The number of rotatable bonds is 11. The van der Waals surface area contributed by atoms with Crippen LogP contribution in [0.25, 0.3) is 0 Å². The molecule has 0 aromatic heterocycles. The van der Waals surface area contributed by atoms with Crippen LogP contribution in [0.4, 0.5) is 0 Å². The number of halogens is 1. The Morgan fingerprint density at radius 3 is 2.62 bits per heavy atom. The molecule has 0 aliphatic heterocycles. The number of carbonyl (C=O) groups excluding carboxylic acids is 1. The Bertz CT molecular complexity index is 1140. The minimum Gasteiger partial charge on any atom is -0.491 e. The number of sulfonamides is 1. The highest BCUT2D eigenvalue weighted by molar-refractivity contribution is 7.89.